The average molecular weight is 304 g/mol. The van der Waals surface area contributed by atoms with Crippen LogP contribution < -0.4 is 4.74 Å². The van der Waals surface area contributed by atoms with Gasteiger partial charge in [0.2, 0.25) is 5.88 Å². The maximum Gasteiger partial charge on any atom is 0.227 e. The Morgan fingerprint density at radius 3 is 2.81 bits per heavy atom. The number of halogens is 2. The van der Waals surface area contributed by atoms with Crippen LogP contribution in [0.3, 0.4) is 0 Å². The van der Waals surface area contributed by atoms with Crippen molar-refractivity contribution in [1.29, 1.82) is 5.26 Å². The van der Waals surface area contributed by atoms with Gasteiger partial charge in [-0.25, -0.2) is 9.37 Å². The summed E-state index contributed by atoms with van der Waals surface area (Å²) in [7, 11) is 0. The van der Waals surface area contributed by atoms with Gasteiger partial charge in [-0.1, -0.05) is 17.7 Å². The van der Waals surface area contributed by atoms with Gasteiger partial charge in [-0.15, -0.1) is 0 Å². The van der Waals surface area contributed by atoms with Crippen molar-refractivity contribution in [3.63, 3.8) is 0 Å². The van der Waals surface area contributed by atoms with Gasteiger partial charge in [0.25, 0.3) is 0 Å². The predicted molar refractivity (Wildman–Crippen MR) is 74.9 cm³/mol. The van der Waals surface area contributed by atoms with Crippen molar-refractivity contribution in [2.24, 2.45) is 0 Å². The first-order valence-electron chi connectivity index (χ1n) is 6.50. The number of nitriles is 1. The normalized spacial score (nSPS) is 13.8. The van der Waals surface area contributed by atoms with E-state index >= 15 is 0 Å². The van der Waals surface area contributed by atoms with E-state index in [2.05, 4.69) is 9.97 Å². The highest BCUT2D eigenvalue weighted by molar-refractivity contribution is 6.30. The first-order valence-corrected chi connectivity index (χ1v) is 6.88. The fourth-order valence-corrected chi connectivity index (χ4v) is 2.08. The van der Waals surface area contributed by atoms with Crippen molar-refractivity contribution < 1.29 is 9.13 Å². The highest BCUT2D eigenvalue weighted by atomic mass is 35.5. The fraction of sp³-hybridized carbons (Fsp3) is 0.267. The summed E-state index contributed by atoms with van der Waals surface area (Å²) in [6.07, 6.45) is 2.06. The third kappa shape index (κ3) is 2.67. The van der Waals surface area contributed by atoms with Gasteiger partial charge in [0.05, 0.1) is 0 Å². The minimum absolute atomic E-state index is 0.122. The van der Waals surface area contributed by atoms with Crippen molar-refractivity contribution in [2.75, 3.05) is 0 Å². The number of rotatable bonds is 3. The summed E-state index contributed by atoms with van der Waals surface area (Å²) < 4.78 is 19.2. The van der Waals surface area contributed by atoms with Crippen LogP contribution in [-0.2, 0) is 0 Å². The molecule has 0 atom stereocenters. The zero-order valence-electron chi connectivity index (χ0n) is 11.2. The van der Waals surface area contributed by atoms with Gasteiger partial charge in [-0.05, 0) is 31.9 Å². The molecule has 106 valence electrons. The Morgan fingerprint density at radius 1 is 1.38 bits per heavy atom. The quantitative estimate of drug-likeness (QED) is 0.800. The lowest BCUT2D eigenvalue weighted by molar-refractivity contribution is 0.448. The van der Waals surface area contributed by atoms with Gasteiger partial charge in [0, 0.05) is 11.5 Å². The molecule has 21 heavy (non-hydrogen) atoms. The summed E-state index contributed by atoms with van der Waals surface area (Å²) in [6.45, 7) is 1.72. The highest BCUT2D eigenvalue weighted by Gasteiger charge is 2.28. The summed E-state index contributed by atoms with van der Waals surface area (Å²) in [6, 6.07) is 6.00. The van der Waals surface area contributed by atoms with Crippen molar-refractivity contribution in [2.45, 2.75) is 25.7 Å². The Morgan fingerprint density at radius 2 is 2.14 bits per heavy atom. The zero-order chi connectivity index (χ0) is 15.0. The third-order valence-corrected chi connectivity index (χ3v) is 3.66. The molecule has 2 aromatic rings. The van der Waals surface area contributed by atoms with Crippen LogP contribution in [0.1, 0.15) is 35.7 Å². The molecule has 1 aromatic carbocycles. The van der Waals surface area contributed by atoms with Gasteiger partial charge in [-0.2, -0.15) is 10.2 Å². The van der Waals surface area contributed by atoms with Crippen LogP contribution in [0, 0.1) is 24.1 Å². The van der Waals surface area contributed by atoms with Gasteiger partial charge >= 0.3 is 0 Å². The molecule has 0 amide bonds. The summed E-state index contributed by atoms with van der Waals surface area (Å²) >= 11 is 6.09. The summed E-state index contributed by atoms with van der Waals surface area (Å²) in [4.78, 5) is 8.58. The molecule has 0 saturated heterocycles. The standard InChI is InChI=1S/C15H11ClFN3O/c1-8-13(16)19-14(9-5-6-9)20-15(8)21-12-4-2-3-11(17)10(12)7-18/h2-4,9H,5-6H2,1H3. The van der Waals surface area contributed by atoms with Crippen molar-refractivity contribution in [1.82, 2.24) is 9.97 Å². The van der Waals surface area contributed by atoms with Crippen LogP contribution in [-0.4, -0.2) is 9.97 Å². The van der Waals surface area contributed by atoms with Crippen molar-refractivity contribution in [3.8, 4) is 17.7 Å². The molecule has 3 rings (SSSR count). The summed E-state index contributed by atoms with van der Waals surface area (Å²) in [5.74, 6) is 0.704. The topological polar surface area (TPSA) is 58.8 Å². The molecule has 1 aliphatic rings. The molecule has 1 saturated carbocycles. The van der Waals surface area contributed by atoms with Gasteiger partial charge in [-0.3, -0.25) is 0 Å². The van der Waals surface area contributed by atoms with Crippen LogP contribution in [0.2, 0.25) is 5.15 Å². The van der Waals surface area contributed by atoms with E-state index in [0.29, 0.717) is 22.5 Å². The number of hydrogen-bond donors (Lipinski definition) is 0. The minimum atomic E-state index is -0.629. The maximum absolute atomic E-state index is 13.6. The van der Waals surface area contributed by atoms with Crippen LogP contribution in [0.25, 0.3) is 0 Å². The lowest BCUT2D eigenvalue weighted by Crippen LogP contribution is -2.01. The molecule has 6 heteroatoms. The van der Waals surface area contributed by atoms with Crippen LogP contribution in [0.15, 0.2) is 18.2 Å². The largest absolute Gasteiger partial charge is 0.437 e. The summed E-state index contributed by atoms with van der Waals surface area (Å²) in [5, 5.41) is 9.34. The molecule has 0 aliphatic heterocycles. The van der Waals surface area contributed by atoms with E-state index in [1.165, 1.54) is 18.2 Å². The van der Waals surface area contributed by atoms with Crippen LogP contribution in [0.4, 0.5) is 4.39 Å². The predicted octanol–water partition coefficient (Wildman–Crippen LogP) is 4.12. The molecule has 1 fully saturated rings. The Balaban J connectivity index is 2.02. The molecular weight excluding hydrogens is 293 g/mol. The zero-order valence-corrected chi connectivity index (χ0v) is 12.0. The van der Waals surface area contributed by atoms with E-state index in [1.807, 2.05) is 0 Å². The molecule has 1 heterocycles. The van der Waals surface area contributed by atoms with E-state index in [1.54, 1.807) is 13.0 Å². The summed E-state index contributed by atoms with van der Waals surface area (Å²) in [5.41, 5.74) is 0.411. The number of ether oxygens (including phenoxy) is 1. The minimum Gasteiger partial charge on any atom is -0.437 e. The number of nitrogens with zero attached hydrogens (tertiary/aromatic N) is 3. The number of hydrogen-bond acceptors (Lipinski definition) is 4. The second-order valence-corrected chi connectivity index (χ2v) is 5.26. The van der Waals surface area contributed by atoms with E-state index in [-0.39, 0.29) is 17.2 Å². The van der Waals surface area contributed by atoms with E-state index in [9.17, 15) is 4.39 Å². The number of benzene rings is 1. The smallest absolute Gasteiger partial charge is 0.227 e. The van der Waals surface area contributed by atoms with Crippen LogP contribution in [0.5, 0.6) is 11.6 Å². The fourth-order valence-electron chi connectivity index (χ4n) is 1.91. The van der Waals surface area contributed by atoms with Crippen LogP contribution >= 0.6 is 11.6 Å². The first kappa shape index (κ1) is 13.8. The molecule has 0 unspecified atom stereocenters. The first-order chi connectivity index (χ1) is 10.1. The Kier molecular flexibility index (Phi) is 3.48. The maximum atomic E-state index is 13.6. The molecule has 0 N–H and O–H groups in total. The SMILES string of the molecule is Cc1c(Cl)nc(C2CC2)nc1Oc1cccc(F)c1C#N. The average Bonchev–Trinajstić information content (AvgIpc) is 3.28. The van der Waals surface area contributed by atoms with E-state index in [0.717, 1.165) is 12.8 Å². The monoisotopic (exact) mass is 303 g/mol. The van der Waals surface area contributed by atoms with Crippen molar-refractivity contribution in [3.05, 3.63) is 46.1 Å². The second kappa shape index (κ2) is 5.30. The van der Waals surface area contributed by atoms with Gasteiger partial charge in [0.15, 0.2) is 0 Å². The lowest BCUT2D eigenvalue weighted by Gasteiger charge is -2.11. The van der Waals surface area contributed by atoms with Gasteiger partial charge in [0.1, 0.15) is 34.2 Å². The third-order valence-electron chi connectivity index (χ3n) is 3.30. The Labute approximate surface area is 126 Å². The van der Waals surface area contributed by atoms with E-state index in [4.69, 9.17) is 21.6 Å². The second-order valence-electron chi connectivity index (χ2n) is 4.90. The Bertz CT molecular complexity index is 753. The lowest BCUT2D eigenvalue weighted by atomic mass is 10.2. The molecule has 1 aromatic heterocycles. The van der Waals surface area contributed by atoms with Gasteiger partial charge < -0.3 is 4.74 Å². The number of aromatic nitrogens is 2. The Hall–Kier alpha value is -2.19. The molecule has 0 spiro atoms. The molecule has 4 nitrogen and oxygen atoms in total. The molecule has 0 bridgehead atoms. The molecule has 1 aliphatic carbocycles. The molecular formula is C15H11ClFN3O. The highest BCUT2D eigenvalue weighted by Crippen LogP contribution is 2.40. The molecule has 0 radical (unpaired) electrons. The van der Waals surface area contributed by atoms with E-state index < -0.39 is 5.82 Å². The van der Waals surface area contributed by atoms with Crippen molar-refractivity contribution >= 4 is 11.6 Å².